The fraction of sp³-hybridized carbons (Fsp3) is 0.600. The summed E-state index contributed by atoms with van der Waals surface area (Å²) in [6, 6.07) is 5.17. The van der Waals surface area contributed by atoms with Crippen LogP contribution < -0.4 is 4.72 Å². The minimum absolute atomic E-state index is 0.236. The molecule has 4 nitrogen and oxygen atoms in total. The molecule has 0 spiro atoms. The van der Waals surface area contributed by atoms with Crippen LogP contribution in [0.1, 0.15) is 36.8 Å². The quantitative estimate of drug-likeness (QED) is 0.894. The first-order valence-corrected chi connectivity index (χ1v) is 8.62. The normalized spacial score (nSPS) is 23.8. The average molecular weight is 297 g/mol. The van der Waals surface area contributed by atoms with Crippen molar-refractivity contribution in [3.63, 3.8) is 0 Å². The van der Waals surface area contributed by atoms with Crippen LogP contribution >= 0.6 is 0 Å². The van der Waals surface area contributed by atoms with Gasteiger partial charge in [-0.25, -0.2) is 13.1 Å². The van der Waals surface area contributed by atoms with Crippen molar-refractivity contribution in [1.82, 2.24) is 4.72 Å². The largest absolute Gasteiger partial charge is 0.393 e. The van der Waals surface area contributed by atoms with E-state index in [1.807, 2.05) is 19.9 Å². The zero-order valence-corrected chi connectivity index (χ0v) is 12.9. The van der Waals surface area contributed by atoms with Crippen molar-refractivity contribution in [2.75, 3.05) is 6.54 Å². The molecule has 2 N–H and O–H groups in total. The molecule has 1 aliphatic rings. The van der Waals surface area contributed by atoms with E-state index in [0.717, 1.165) is 30.4 Å². The van der Waals surface area contributed by atoms with Gasteiger partial charge < -0.3 is 5.11 Å². The molecule has 2 rings (SSSR count). The predicted octanol–water partition coefficient (Wildman–Crippen LogP) is 2.13. The van der Waals surface area contributed by atoms with Crippen LogP contribution in [-0.2, 0) is 10.0 Å². The Labute approximate surface area is 121 Å². The van der Waals surface area contributed by atoms with Gasteiger partial charge in [-0.3, -0.25) is 0 Å². The molecule has 2 unspecified atom stereocenters. The Morgan fingerprint density at radius 3 is 2.65 bits per heavy atom. The maximum Gasteiger partial charge on any atom is 0.240 e. The van der Waals surface area contributed by atoms with Gasteiger partial charge in [0.15, 0.2) is 0 Å². The molecule has 1 aromatic carbocycles. The SMILES string of the molecule is Cc1ccc(S(=O)(=O)NCC2CCCC(O)C2)cc1C. The molecule has 0 amide bonds. The zero-order chi connectivity index (χ0) is 14.8. The van der Waals surface area contributed by atoms with Crippen LogP contribution in [0.5, 0.6) is 0 Å². The number of aryl methyl sites for hydroxylation is 2. The summed E-state index contributed by atoms with van der Waals surface area (Å²) >= 11 is 0. The lowest BCUT2D eigenvalue weighted by Crippen LogP contribution is -2.33. The maximum absolute atomic E-state index is 12.2. The number of rotatable bonds is 4. The van der Waals surface area contributed by atoms with Crippen molar-refractivity contribution in [2.24, 2.45) is 5.92 Å². The van der Waals surface area contributed by atoms with Gasteiger partial charge in [0.25, 0.3) is 0 Å². The van der Waals surface area contributed by atoms with E-state index in [1.54, 1.807) is 12.1 Å². The van der Waals surface area contributed by atoms with Gasteiger partial charge in [-0.2, -0.15) is 0 Å². The molecule has 1 aromatic rings. The van der Waals surface area contributed by atoms with Gasteiger partial charge in [-0.05, 0) is 62.3 Å². The summed E-state index contributed by atoms with van der Waals surface area (Å²) in [7, 11) is -3.45. The van der Waals surface area contributed by atoms with E-state index in [0.29, 0.717) is 17.9 Å². The number of aliphatic hydroxyl groups is 1. The number of hydrogen-bond acceptors (Lipinski definition) is 3. The van der Waals surface area contributed by atoms with Crippen molar-refractivity contribution in [3.8, 4) is 0 Å². The van der Waals surface area contributed by atoms with Crippen LogP contribution in [0.4, 0.5) is 0 Å². The highest BCUT2D eigenvalue weighted by Crippen LogP contribution is 2.24. The second-order valence-corrected chi connectivity index (χ2v) is 7.55. The van der Waals surface area contributed by atoms with Crippen molar-refractivity contribution in [1.29, 1.82) is 0 Å². The van der Waals surface area contributed by atoms with E-state index in [9.17, 15) is 13.5 Å². The summed E-state index contributed by atoms with van der Waals surface area (Å²) in [5, 5.41) is 9.62. The van der Waals surface area contributed by atoms with Crippen molar-refractivity contribution in [3.05, 3.63) is 29.3 Å². The monoisotopic (exact) mass is 297 g/mol. The summed E-state index contributed by atoms with van der Waals surface area (Å²) in [5.41, 5.74) is 2.06. The smallest absolute Gasteiger partial charge is 0.240 e. The van der Waals surface area contributed by atoms with E-state index < -0.39 is 10.0 Å². The van der Waals surface area contributed by atoms with Gasteiger partial charge in [0.1, 0.15) is 0 Å². The Balaban J connectivity index is 2.01. The Hall–Kier alpha value is -0.910. The summed E-state index contributed by atoms with van der Waals surface area (Å²) < 4.78 is 27.2. The van der Waals surface area contributed by atoms with Gasteiger partial charge in [0.05, 0.1) is 11.0 Å². The summed E-state index contributed by atoms with van der Waals surface area (Å²) in [4.78, 5) is 0.317. The molecule has 5 heteroatoms. The van der Waals surface area contributed by atoms with Crippen LogP contribution in [0.25, 0.3) is 0 Å². The third kappa shape index (κ3) is 3.81. The molecule has 1 saturated carbocycles. The molecule has 0 saturated heterocycles. The second-order valence-electron chi connectivity index (χ2n) is 5.78. The minimum Gasteiger partial charge on any atom is -0.393 e. The van der Waals surface area contributed by atoms with Gasteiger partial charge in [0.2, 0.25) is 10.0 Å². The fourth-order valence-electron chi connectivity index (χ4n) is 2.64. The van der Waals surface area contributed by atoms with E-state index >= 15 is 0 Å². The van der Waals surface area contributed by atoms with Crippen LogP contribution in [0, 0.1) is 19.8 Å². The number of hydrogen-bond donors (Lipinski definition) is 2. The van der Waals surface area contributed by atoms with E-state index in [1.165, 1.54) is 0 Å². The number of benzene rings is 1. The summed E-state index contributed by atoms with van der Waals surface area (Å²) in [6.45, 7) is 4.28. The summed E-state index contributed by atoms with van der Waals surface area (Å²) in [5.74, 6) is 0.236. The van der Waals surface area contributed by atoms with E-state index in [4.69, 9.17) is 0 Å². The first-order valence-electron chi connectivity index (χ1n) is 7.13. The fourth-order valence-corrected chi connectivity index (χ4v) is 3.84. The molecule has 20 heavy (non-hydrogen) atoms. The zero-order valence-electron chi connectivity index (χ0n) is 12.1. The highest BCUT2D eigenvalue weighted by Gasteiger charge is 2.22. The average Bonchev–Trinajstić information content (AvgIpc) is 2.40. The van der Waals surface area contributed by atoms with Crippen molar-refractivity contribution < 1.29 is 13.5 Å². The molecular formula is C15H23NO3S. The molecule has 1 fully saturated rings. The molecular weight excluding hydrogens is 274 g/mol. The van der Waals surface area contributed by atoms with Crippen molar-refractivity contribution >= 4 is 10.0 Å². The first-order chi connectivity index (χ1) is 9.38. The molecule has 2 atom stereocenters. The third-order valence-electron chi connectivity index (χ3n) is 4.11. The molecule has 0 aliphatic heterocycles. The van der Waals surface area contributed by atoms with Gasteiger partial charge in [-0.15, -0.1) is 0 Å². The Kier molecular flexibility index (Phi) is 4.83. The topological polar surface area (TPSA) is 66.4 Å². The molecule has 0 radical (unpaired) electrons. The maximum atomic E-state index is 12.2. The number of nitrogens with one attached hydrogen (secondary N) is 1. The van der Waals surface area contributed by atoms with Crippen molar-refractivity contribution in [2.45, 2.75) is 50.5 Å². The summed E-state index contributed by atoms with van der Waals surface area (Å²) in [6.07, 6.45) is 3.19. The molecule has 112 valence electrons. The second kappa shape index (κ2) is 6.24. The van der Waals surface area contributed by atoms with Crippen LogP contribution in [0.2, 0.25) is 0 Å². The van der Waals surface area contributed by atoms with Crippen LogP contribution in [0.15, 0.2) is 23.1 Å². The molecule has 0 bridgehead atoms. The number of aliphatic hydroxyl groups excluding tert-OH is 1. The van der Waals surface area contributed by atoms with Gasteiger partial charge >= 0.3 is 0 Å². The Morgan fingerprint density at radius 2 is 2.00 bits per heavy atom. The standard InChI is InChI=1S/C15H23NO3S/c1-11-6-7-15(8-12(11)2)20(18,19)16-10-13-4-3-5-14(17)9-13/h6-8,13-14,16-17H,3-5,9-10H2,1-2H3. The van der Waals surface area contributed by atoms with E-state index in [-0.39, 0.29) is 12.0 Å². The lowest BCUT2D eigenvalue weighted by Gasteiger charge is -2.25. The predicted molar refractivity (Wildman–Crippen MR) is 79.1 cm³/mol. The first kappa shape index (κ1) is 15.5. The number of sulfonamides is 1. The molecule has 1 aliphatic carbocycles. The minimum atomic E-state index is -3.45. The Morgan fingerprint density at radius 1 is 1.25 bits per heavy atom. The van der Waals surface area contributed by atoms with E-state index in [2.05, 4.69) is 4.72 Å². The highest BCUT2D eigenvalue weighted by molar-refractivity contribution is 7.89. The van der Waals surface area contributed by atoms with Gasteiger partial charge in [0, 0.05) is 6.54 Å². The Bertz CT molecular complexity index is 568. The lowest BCUT2D eigenvalue weighted by atomic mass is 9.87. The van der Waals surface area contributed by atoms with Gasteiger partial charge in [-0.1, -0.05) is 12.5 Å². The lowest BCUT2D eigenvalue weighted by molar-refractivity contribution is 0.102. The highest BCUT2D eigenvalue weighted by atomic mass is 32.2. The molecule has 0 heterocycles. The molecule has 0 aromatic heterocycles. The van der Waals surface area contributed by atoms with Crippen LogP contribution in [0.3, 0.4) is 0 Å². The third-order valence-corrected chi connectivity index (χ3v) is 5.53. The van der Waals surface area contributed by atoms with Crippen LogP contribution in [-0.4, -0.2) is 26.2 Å².